The molecule has 1 aromatic carbocycles. The van der Waals surface area contributed by atoms with Gasteiger partial charge in [0.25, 0.3) is 15.9 Å². The van der Waals surface area contributed by atoms with Crippen LogP contribution in [0.25, 0.3) is 10.2 Å². The summed E-state index contributed by atoms with van der Waals surface area (Å²) in [6, 6.07) is 8.75. The third-order valence-electron chi connectivity index (χ3n) is 5.59. The van der Waals surface area contributed by atoms with E-state index in [4.69, 9.17) is 9.47 Å². The number of sulfonamides is 1. The molecular formula is C23H27N3O6S3. The van der Waals surface area contributed by atoms with Crippen molar-refractivity contribution in [3.8, 4) is 5.75 Å². The topological polar surface area (TPSA) is 107 Å². The van der Waals surface area contributed by atoms with Gasteiger partial charge in [0.2, 0.25) is 0 Å². The van der Waals surface area contributed by atoms with Gasteiger partial charge in [-0.15, -0.1) is 11.3 Å². The number of benzene rings is 1. The molecule has 35 heavy (non-hydrogen) atoms. The van der Waals surface area contributed by atoms with Crippen molar-refractivity contribution in [3.63, 3.8) is 0 Å². The van der Waals surface area contributed by atoms with Crippen LogP contribution in [0.1, 0.15) is 26.7 Å². The lowest BCUT2D eigenvalue weighted by atomic mass is 9.99. The van der Waals surface area contributed by atoms with Gasteiger partial charge in [-0.05, 0) is 56.3 Å². The fourth-order valence-electron chi connectivity index (χ4n) is 3.97. The number of hydrogen-bond acceptors (Lipinski definition) is 8. The monoisotopic (exact) mass is 537 g/mol. The van der Waals surface area contributed by atoms with E-state index in [2.05, 4.69) is 4.99 Å². The molecule has 1 amide bonds. The lowest BCUT2D eigenvalue weighted by molar-refractivity contribution is -0.143. The number of carbonyl (C=O) groups is 2. The third kappa shape index (κ3) is 5.66. The summed E-state index contributed by atoms with van der Waals surface area (Å²) < 4.78 is 40.7. The first kappa shape index (κ1) is 25.5. The average Bonchev–Trinajstić information content (AvgIpc) is 3.49. The van der Waals surface area contributed by atoms with E-state index < -0.39 is 27.8 Å². The van der Waals surface area contributed by atoms with Crippen molar-refractivity contribution in [2.75, 3.05) is 26.3 Å². The number of thiazole rings is 1. The molecule has 2 aromatic heterocycles. The van der Waals surface area contributed by atoms with Gasteiger partial charge in [-0.25, -0.2) is 8.42 Å². The van der Waals surface area contributed by atoms with Crippen LogP contribution in [0.4, 0.5) is 0 Å². The molecule has 1 saturated heterocycles. The van der Waals surface area contributed by atoms with E-state index in [1.165, 1.54) is 15.6 Å². The number of hydrogen-bond donors (Lipinski definition) is 0. The van der Waals surface area contributed by atoms with Crippen LogP contribution in [0.2, 0.25) is 0 Å². The summed E-state index contributed by atoms with van der Waals surface area (Å²) in [6.07, 6.45) is 1.12. The predicted molar refractivity (Wildman–Crippen MR) is 134 cm³/mol. The van der Waals surface area contributed by atoms with Crippen molar-refractivity contribution >= 4 is 54.8 Å². The van der Waals surface area contributed by atoms with Crippen molar-refractivity contribution in [3.05, 3.63) is 40.5 Å². The molecule has 4 rings (SSSR count). The quantitative estimate of drug-likeness (QED) is 0.408. The van der Waals surface area contributed by atoms with Crippen molar-refractivity contribution in [2.24, 2.45) is 10.9 Å². The molecule has 3 aromatic rings. The Labute approximate surface area is 211 Å². The zero-order chi connectivity index (χ0) is 25.0. The molecule has 12 heteroatoms. The van der Waals surface area contributed by atoms with Gasteiger partial charge in [0.15, 0.2) is 4.80 Å². The highest BCUT2D eigenvalue weighted by Gasteiger charge is 2.34. The molecule has 1 fully saturated rings. The van der Waals surface area contributed by atoms with Gasteiger partial charge in [0, 0.05) is 13.1 Å². The Morgan fingerprint density at radius 2 is 2.03 bits per heavy atom. The van der Waals surface area contributed by atoms with Crippen molar-refractivity contribution in [1.82, 2.24) is 8.87 Å². The van der Waals surface area contributed by atoms with E-state index in [0.717, 1.165) is 21.6 Å². The third-order valence-corrected chi connectivity index (χ3v) is 9.87. The number of esters is 1. The molecule has 0 N–H and O–H groups in total. The molecule has 3 heterocycles. The van der Waals surface area contributed by atoms with E-state index in [1.807, 2.05) is 19.1 Å². The summed E-state index contributed by atoms with van der Waals surface area (Å²) in [5.41, 5.74) is 0.739. The zero-order valence-corrected chi connectivity index (χ0v) is 22.0. The van der Waals surface area contributed by atoms with Gasteiger partial charge in [-0.3, -0.25) is 9.59 Å². The zero-order valence-electron chi connectivity index (χ0n) is 19.5. The van der Waals surface area contributed by atoms with Gasteiger partial charge in [0.1, 0.15) is 16.5 Å². The molecule has 0 saturated carbocycles. The van der Waals surface area contributed by atoms with Crippen molar-refractivity contribution in [2.45, 2.75) is 37.4 Å². The minimum Gasteiger partial charge on any atom is -0.494 e. The molecule has 1 aliphatic heterocycles. The summed E-state index contributed by atoms with van der Waals surface area (Å²) in [6.45, 7) is 4.76. The maximum Gasteiger partial charge on any atom is 0.326 e. The lowest BCUT2D eigenvalue weighted by Crippen LogP contribution is -2.42. The van der Waals surface area contributed by atoms with E-state index in [1.54, 1.807) is 35.1 Å². The van der Waals surface area contributed by atoms with Gasteiger partial charge in [-0.1, -0.05) is 17.4 Å². The Morgan fingerprint density at radius 3 is 2.74 bits per heavy atom. The lowest BCUT2D eigenvalue weighted by Gasteiger charge is -2.29. The number of amides is 1. The number of rotatable bonds is 8. The Bertz CT molecular complexity index is 1380. The van der Waals surface area contributed by atoms with Crippen LogP contribution < -0.4 is 9.54 Å². The predicted octanol–water partition coefficient (Wildman–Crippen LogP) is 3.25. The molecule has 0 radical (unpaired) electrons. The molecule has 0 spiro atoms. The number of aromatic nitrogens is 1. The number of thiophene rings is 1. The van der Waals surface area contributed by atoms with Gasteiger partial charge in [-0.2, -0.15) is 9.30 Å². The fourth-order valence-corrected chi connectivity index (χ4v) is 7.70. The fraction of sp³-hybridized carbons (Fsp3) is 0.435. The smallest absolute Gasteiger partial charge is 0.326 e. The van der Waals surface area contributed by atoms with Crippen LogP contribution in [0.3, 0.4) is 0 Å². The van der Waals surface area contributed by atoms with E-state index in [9.17, 15) is 18.0 Å². The standard InChI is InChI=1S/C23H27N3O6S3/c1-3-31-17-9-10-18-19(13-17)34-23(26(18)15-20(27)32-4-2)24-22(28)16-7-5-11-25(14-16)35(29,30)21-8-6-12-33-21/h6,8-10,12-13,16H,3-5,7,11,14-15H2,1-2H3. The summed E-state index contributed by atoms with van der Waals surface area (Å²) in [7, 11) is -3.64. The second-order valence-corrected chi connectivity index (χ2v) is 12.0. The first-order valence-corrected chi connectivity index (χ1v) is 14.5. The van der Waals surface area contributed by atoms with E-state index in [-0.39, 0.29) is 23.9 Å². The van der Waals surface area contributed by atoms with Gasteiger partial charge < -0.3 is 14.0 Å². The van der Waals surface area contributed by atoms with E-state index >= 15 is 0 Å². The highest BCUT2D eigenvalue weighted by atomic mass is 32.2. The van der Waals surface area contributed by atoms with Crippen LogP contribution in [-0.4, -0.2) is 55.5 Å². The Morgan fingerprint density at radius 1 is 1.20 bits per heavy atom. The molecule has 1 atom stereocenters. The van der Waals surface area contributed by atoms with Crippen LogP contribution >= 0.6 is 22.7 Å². The maximum absolute atomic E-state index is 13.2. The molecular weight excluding hydrogens is 510 g/mol. The van der Waals surface area contributed by atoms with Gasteiger partial charge in [0.05, 0.1) is 29.3 Å². The van der Waals surface area contributed by atoms with Crippen molar-refractivity contribution < 1.29 is 27.5 Å². The summed E-state index contributed by atoms with van der Waals surface area (Å²) in [4.78, 5) is 30.2. The number of piperidine rings is 1. The van der Waals surface area contributed by atoms with Crippen LogP contribution in [-0.2, 0) is 30.9 Å². The second kappa shape index (κ2) is 11.0. The number of carbonyl (C=O) groups excluding carboxylic acids is 2. The van der Waals surface area contributed by atoms with E-state index in [0.29, 0.717) is 36.5 Å². The first-order chi connectivity index (χ1) is 16.8. The first-order valence-electron chi connectivity index (χ1n) is 11.4. The summed E-state index contributed by atoms with van der Waals surface area (Å²) >= 11 is 2.44. The molecule has 9 nitrogen and oxygen atoms in total. The largest absolute Gasteiger partial charge is 0.494 e. The van der Waals surface area contributed by atoms with Crippen LogP contribution in [0, 0.1) is 5.92 Å². The van der Waals surface area contributed by atoms with Crippen LogP contribution in [0.15, 0.2) is 44.9 Å². The second-order valence-electron chi connectivity index (χ2n) is 7.92. The highest BCUT2D eigenvalue weighted by molar-refractivity contribution is 7.91. The Balaban J connectivity index is 1.65. The molecule has 1 unspecified atom stereocenters. The SMILES string of the molecule is CCOC(=O)Cn1c(=NC(=O)C2CCCN(S(=O)(=O)c3cccs3)C2)sc2cc(OCC)ccc21. The molecule has 188 valence electrons. The number of ether oxygens (including phenoxy) is 2. The normalized spacial score (nSPS) is 17.5. The van der Waals surface area contributed by atoms with Crippen molar-refractivity contribution in [1.29, 1.82) is 0 Å². The van der Waals surface area contributed by atoms with Crippen LogP contribution in [0.5, 0.6) is 5.75 Å². The molecule has 1 aliphatic rings. The average molecular weight is 538 g/mol. The minimum absolute atomic E-state index is 0.0832. The summed E-state index contributed by atoms with van der Waals surface area (Å²) in [5, 5.41) is 1.72. The summed E-state index contributed by atoms with van der Waals surface area (Å²) in [5.74, 6) is -0.700. The molecule has 0 bridgehead atoms. The highest BCUT2D eigenvalue weighted by Crippen LogP contribution is 2.27. The number of fused-ring (bicyclic) bond motifs is 1. The number of nitrogens with zero attached hydrogens (tertiary/aromatic N) is 3. The Kier molecular flexibility index (Phi) is 8.05. The minimum atomic E-state index is -3.64. The maximum atomic E-state index is 13.2. The Hall–Kier alpha value is -2.54. The molecule has 0 aliphatic carbocycles. The van der Waals surface area contributed by atoms with Gasteiger partial charge >= 0.3 is 5.97 Å².